The second-order valence-electron chi connectivity index (χ2n) is 4.51. The first-order valence-electron chi connectivity index (χ1n) is 6.41. The highest BCUT2D eigenvalue weighted by molar-refractivity contribution is 7.91. The van der Waals surface area contributed by atoms with E-state index >= 15 is 0 Å². The first-order valence-corrected chi connectivity index (χ1v) is 8.06. The molecule has 0 fully saturated rings. The molecular formula is C13H21N3O3S. The van der Waals surface area contributed by atoms with Crippen molar-refractivity contribution in [3.05, 3.63) is 29.8 Å². The lowest BCUT2D eigenvalue weighted by atomic mass is 10.2. The zero-order valence-electron chi connectivity index (χ0n) is 11.6. The molecule has 6 nitrogen and oxygen atoms in total. The van der Waals surface area contributed by atoms with Crippen LogP contribution in [0.3, 0.4) is 0 Å². The van der Waals surface area contributed by atoms with E-state index in [0.29, 0.717) is 13.1 Å². The molecule has 20 heavy (non-hydrogen) atoms. The average Bonchev–Trinajstić information content (AvgIpc) is 2.43. The van der Waals surface area contributed by atoms with Crippen LogP contribution in [-0.4, -0.2) is 44.6 Å². The van der Waals surface area contributed by atoms with Gasteiger partial charge in [-0.1, -0.05) is 19.1 Å². The van der Waals surface area contributed by atoms with Crippen molar-refractivity contribution in [2.24, 2.45) is 11.5 Å². The quantitative estimate of drug-likeness (QED) is 0.687. The lowest BCUT2D eigenvalue weighted by molar-refractivity contribution is -0.119. The highest BCUT2D eigenvalue weighted by Gasteiger charge is 2.17. The third kappa shape index (κ3) is 4.92. The molecule has 0 radical (unpaired) electrons. The highest BCUT2D eigenvalue weighted by Crippen LogP contribution is 2.13. The fraction of sp³-hybridized carbons (Fsp3) is 0.462. The van der Waals surface area contributed by atoms with Crippen LogP contribution in [0.5, 0.6) is 0 Å². The molecule has 0 heterocycles. The van der Waals surface area contributed by atoms with Crippen LogP contribution in [-0.2, 0) is 21.2 Å². The summed E-state index contributed by atoms with van der Waals surface area (Å²) in [6, 6.07) is 6.60. The predicted octanol–water partition coefficient (Wildman–Crippen LogP) is -0.274. The minimum absolute atomic E-state index is 0.0534. The Morgan fingerprint density at radius 1 is 1.35 bits per heavy atom. The van der Waals surface area contributed by atoms with Crippen molar-refractivity contribution in [2.45, 2.75) is 18.4 Å². The first kappa shape index (κ1) is 16.6. The van der Waals surface area contributed by atoms with E-state index in [2.05, 4.69) is 0 Å². The fourth-order valence-corrected chi connectivity index (χ4v) is 3.15. The van der Waals surface area contributed by atoms with Gasteiger partial charge in [0.2, 0.25) is 5.91 Å². The number of likely N-dealkylation sites (N-methyl/N-ethyl adjacent to an activating group) is 1. The van der Waals surface area contributed by atoms with Crippen LogP contribution in [0.4, 0.5) is 0 Å². The van der Waals surface area contributed by atoms with Crippen molar-refractivity contribution in [3.8, 4) is 0 Å². The summed E-state index contributed by atoms with van der Waals surface area (Å²) in [4.78, 5) is 12.8. The maximum Gasteiger partial charge on any atom is 0.231 e. The Morgan fingerprint density at radius 3 is 2.60 bits per heavy atom. The highest BCUT2D eigenvalue weighted by atomic mass is 32.2. The second-order valence-corrected chi connectivity index (χ2v) is 6.61. The summed E-state index contributed by atoms with van der Waals surface area (Å²) in [6.45, 7) is 3.06. The van der Waals surface area contributed by atoms with Crippen LogP contribution in [0.25, 0.3) is 0 Å². The first-order chi connectivity index (χ1) is 9.39. The zero-order chi connectivity index (χ0) is 15.2. The monoisotopic (exact) mass is 299 g/mol. The van der Waals surface area contributed by atoms with E-state index in [4.69, 9.17) is 11.5 Å². The molecule has 0 aliphatic heterocycles. The smallest absolute Gasteiger partial charge is 0.231 e. The molecule has 1 aromatic rings. The normalized spacial score (nSPS) is 11.8. The molecule has 0 aliphatic rings. The Bertz CT molecular complexity index is 558. The lowest BCUT2D eigenvalue weighted by Crippen LogP contribution is -2.36. The Morgan fingerprint density at radius 2 is 2.05 bits per heavy atom. The third-order valence-electron chi connectivity index (χ3n) is 3.00. The van der Waals surface area contributed by atoms with Crippen LogP contribution in [0.1, 0.15) is 12.5 Å². The van der Waals surface area contributed by atoms with Crippen molar-refractivity contribution >= 4 is 15.7 Å². The number of nitrogens with two attached hydrogens (primary N) is 2. The predicted molar refractivity (Wildman–Crippen MR) is 77.7 cm³/mol. The van der Waals surface area contributed by atoms with Gasteiger partial charge in [-0.3, -0.25) is 9.69 Å². The topological polar surface area (TPSA) is 106 Å². The van der Waals surface area contributed by atoms with Gasteiger partial charge in [0.1, 0.15) is 0 Å². The summed E-state index contributed by atoms with van der Waals surface area (Å²) >= 11 is 0. The number of carbonyl (C=O) groups is 1. The zero-order valence-corrected chi connectivity index (χ0v) is 12.4. The molecule has 7 heteroatoms. The van der Waals surface area contributed by atoms with Crippen LogP contribution in [0.2, 0.25) is 0 Å². The minimum Gasteiger partial charge on any atom is -0.369 e. The molecule has 1 rings (SSSR count). The van der Waals surface area contributed by atoms with E-state index < -0.39 is 15.7 Å². The number of amides is 1. The largest absolute Gasteiger partial charge is 0.369 e. The van der Waals surface area contributed by atoms with Crippen molar-refractivity contribution < 1.29 is 13.2 Å². The van der Waals surface area contributed by atoms with E-state index in [0.717, 1.165) is 5.56 Å². The number of hydrogen-bond acceptors (Lipinski definition) is 5. The summed E-state index contributed by atoms with van der Waals surface area (Å²) in [5.74, 6) is -0.517. The Labute approximate surface area is 119 Å². The molecule has 0 aliphatic carbocycles. The van der Waals surface area contributed by atoms with Gasteiger partial charge in [-0.2, -0.15) is 0 Å². The molecule has 4 N–H and O–H groups in total. The molecule has 0 bridgehead atoms. The van der Waals surface area contributed by atoms with Gasteiger partial charge in [0.15, 0.2) is 9.84 Å². The van der Waals surface area contributed by atoms with Gasteiger partial charge in [-0.25, -0.2) is 8.42 Å². The summed E-state index contributed by atoms with van der Waals surface area (Å²) in [5, 5.41) is 0. The van der Waals surface area contributed by atoms with Gasteiger partial charge in [-0.05, 0) is 24.2 Å². The number of carbonyl (C=O) groups excluding carboxylic acids is 1. The number of primary amides is 1. The van der Waals surface area contributed by atoms with E-state index in [1.165, 1.54) is 0 Å². The standard InChI is InChI=1S/C13H21N3O3S/c1-2-16(10-13(15)17)6-7-20(18,19)12-5-3-4-11(8-12)9-14/h3-5,8H,2,6-7,9-10,14H2,1H3,(H2,15,17). The van der Waals surface area contributed by atoms with Gasteiger partial charge in [0.25, 0.3) is 0 Å². The average molecular weight is 299 g/mol. The molecule has 0 saturated carbocycles. The van der Waals surface area contributed by atoms with E-state index in [-0.39, 0.29) is 23.7 Å². The van der Waals surface area contributed by atoms with E-state index in [9.17, 15) is 13.2 Å². The van der Waals surface area contributed by atoms with Gasteiger partial charge < -0.3 is 11.5 Å². The molecular weight excluding hydrogens is 278 g/mol. The molecule has 1 aromatic carbocycles. The molecule has 0 aromatic heterocycles. The van der Waals surface area contributed by atoms with Crippen molar-refractivity contribution in [1.29, 1.82) is 0 Å². The Balaban J connectivity index is 2.76. The van der Waals surface area contributed by atoms with Crippen LogP contribution in [0.15, 0.2) is 29.2 Å². The summed E-state index contributed by atoms with van der Waals surface area (Å²) < 4.78 is 24.4. The van der Waals surface area contributed by atoms with Crippen molar-refractivity contribution in [2.75, 3.05) is 25.4 Å². The maximum absolute atomic E-state index is 12.2. The lowest BCUT2D eigenvalue weighted by Gasteiger charge is -2.18. The second kappa shape index (κ2) is 7.37. The van der Waals surface area contributed by atoms with Crippen LogP contribution < -0.4 is 11.5 Å². The molecule has 0 saturated heterocycles. The van der Waals surface area contributed by atoms with Gasteiger partial charge in [-0.15, -0.1) is 0 Å². The van der Waals surface area contributed by atoms with Gasteiger partial charge >= 0.3 is 0 Å². The summed E-state index contributed by atoms with van der Waals surface area (Å²) in [7, 11) is -3.38. The molecule has 0 spiro atoms. The van der Waals surface area contributed by atoms with Crippen molar-refractivity contribution in [3.63, 3.8) is 0 Å². The molecule has 112 valence electrons. The van der Waals surface area contributed by atoms with Gasteiger partial charge in [0, 0.05) is 13.1 Å². The number of sulfone groups is 1. The van der Waals surface area contributed by atoms with Crippen LogP contribution in [0, 0.1) is 0 Å². The third-order valence-corrected chi connectivity index (χ3v) is 4.69. The molecule has 1 amide bonds. The van der Waals surface area contributed by atoms with E-state index in [1.807, 2.05) is 6.92 Å². The minimum atomic E-state index is -3.38. The molecule has 0 atom stereocenters. The summed E-state index contributed by atoms with van der Waals surface area (Å²) in [5.41, 5.74) is 11.4. The van der Waals surface area contributed by atoms with E-state index in [1.54, 1.807) is 29.2 Å². The number of nitrogens with zero attached hydrogens (tertiary/aromatic N) is 1. The van der Waals surface area contributed by atoms with Crippen molar-refractivity contribution in [1.82, 2.24) is 4.90 Å². The number of benzene rings is 1. The summed E-state index contributed by atoms with van der Waals surface area (Å²) in [6.07, 6.45) is 0. The fourth-order valence-electron chi connectivity index (χ4n) is 1.80. The number of hydrogen-bond donors (Lipinski definition) is 2. The van der Waals surface area contributed by atoms with Crippen LogP contribution >= 0.6 is 0 Å². The Hall–Kier alpha value is -1.44. The molecule has 0 unspecified atom stereocenters. The SMILES string of the molecule is CCN(CCS(=O)(=O)c1cccc(CN)c1)CC(N)=O. The number of rotatable bonds is 8. The van der Waals surface area contributed by atoms with Gasteiger partial charge in [0.05, 0.1) is 17.2 Å². The Kier molecular flexibility index (Phi) is 6.12. The maximum atomic E-state index is 12.2.